The Morgan fingerprint density at radius 2 is 1.46 bits per heavy atom. The van der Waals surface area contributed by atoms with Crippen molar-refractivity contribution in [2.45, 2.75) is 19.1 Å². The molecule has 7 nitrogen and oxygen atoms in total. The number of para-hydroxylation sites is 1. The van der Waals surface area contributed by atoms with Crippen LogP contribution in [0.2, 0.25) is 0 Å². The van der Waals surface area contributed by atoms with Crippen LogP contribution in [-0.2, 0) is 0 Å². The maximum absolute atomic E-state index is 14.2. The van der Waals surface area contributed by atoms with Crippen molar-refractivity contribution < 1.29 is 19.8 Å². The molecular weight excluding hydrogens is 466 g/mol. The van der Waals surface area contributed by atoms with Gasteiger partial charge in [0.25, 0.3) is 5.91 Å². The lowest BCUT2D eigenvalue weighted by Crippen LogP contribution is -2.58. The highest BCUT2D eigenvalue weighted by Gasteiger charge is 2.39. The average Bonchev–Trinajstić information content (AvgIpc) is 3.30. The summed E-state index contributed by atoms with van der Waals surface area (Å²) in [7, 11) is 0. The maximum Gasteiger partial charge on any atom is 0.407 e. The van der Waals surface area contributed by atoms with Crippen LogP contribution in [0.3, 0.4) is 0 Å². The number of benzene rings is 3. The van der Waals surface area contributed by atoms with Crippen molar-refractivity contribution in [3.05, 3.63) is 114 Å². The Kier molecular flexibility index (Phi) is 6.79. The molecule has 4 aromatic rings. The van der Waals surface area contributed by atoms with Crippen LogP contribution in [0.1, 0.15) is 27.7 Å². The molecule has 1 fully saturated rings. The molecule has 1 aromatic heterocycles. The molecule has 0 saturated carbocycles. The molecule has 188 valence electrons. The van der Waals surface area contributed by atoms with Crippen molar-refractivity contribution >= 4 is 12.0 Å². The zero-order chi connectivity index (χ0) is 25.9. The molecule has 0 aliphatic carbocycles. The van der Waals surface area contributed by atoms with Crippen LogP contribution in [0.4, 0.5) is 4.79 Å². The third-order valence-electron chi connectivity index (χ3n) is 6.93. The van der Waals surface area contributed by atoms with Crippen molar-refractivity contribution in [3.8, 4) is 16.9 Å². The van der Waals surface area contributed by atoms with E-state index in [2.05, 4.69) is 4.57 Å². The Labute approximate surface area is 215 Å². The van der Waals surface area contributed by atoms with Gasteiger partial charge in [0.05, 0.1) is 17.3 Å². The van der Waals surface area contributed by atoms with Crippen molar-refractivity contribution in [1.29, 1.82) is 0 Å². The number of piperazine rings is 1. The van der Waals surface area contributed by atoms with Crippen LogP contribution in [0, 0.1) is 6.92 Å². The Morgan fingerprint density at radius 1 is 0.865 bits per heavy atom. The van der Waals surface area contributed by atoms with Gasteiger partial charge in [0.2, 0.25) is 0 Å². The first kappa shape index (κ1) is 24.3. The standard InChI is InChI=1S/C30H29N3O4/c1-21-19-25(27(22-11-5-2-6-12-22)33(21)24-15-9-4-10-16-24)29(35)32-18-17-31(30(36)37)20-26(32)28(34)23-13-7-3-8-14-23/h2-16,19,26,28,34H,17-18,20H2,1H3,(H,36,37)/t26-,28+/m0/s1. The minimum Gasteiger partial charge on any atom is -0.465 e. The molecule has 0 bridgehead atoms. The highest BCUT2D eigenvalue weighted by Crippen LogP contribution is 2.34. The molecule has 1 aliphatic heterocycles. The molecule has 3 aromatic carbocycles. The van der Waals surface area contributed by atoms with E-state index < -0.39 is 18.2 Å². The van der Waals surface area contributed by atoms with Gasteiger partial charge >= 0.3 is 6.09 Å². The number of carboxylic acid groups (broad SMARTS) is 1. The van der Waals surface area contributed by atoms with E-state index in [4.69, 9.17) is 0 Å². The average molecular weight is 496 g/mol. The van der Waals surface area contributed by atoms with Gasteiger partial charge in [-0.1, -0.05) is 78.9 Å². The smallest absolute Gasteiger partial charge is 0.407 e. The largest absolute Gasteiger partial charge is 0.465 e. The van der Waals surface area contributed by atoms with Crippen LogP contribution < -0.4 is 0 Å². The van der Waals surface area contributed by atoms with E-state index >= 15 is 0 Å². The van der Waals surface area contributed by atoms with Gasteiger partial charge in [-0.15, -0.1) is 0 Å². The third kappa shape index (κ3) is 4.73. The number of hydrogen-bond donors (Lipinski definition) is 2. The fourth-order valence-electron chi connectivity index (χ4n) is 5.13. The van der Waals surface area contributed by atoms with E-state index in [-0.39, 0.29) is 25.5 Å². The van der Waals surface area contributed by atoms with Gasteiger partial charge in [-0.05, 0) is 36.2 Å². The fourth-order valence-corrected chi connectivity index (χ4v) is 5.13. The predicted octanol–water partition coefficient (Wildman–Crippen LogP) is 4.99. The first-order valence-electron chi connectivity index (χ1n) is 12.3. The molecule has 0 unspecified atom stereocenters. The van der Waals surface area contributed by atoms with E-state index in [1.807, 2.05) is 91.9 Å². The highest BCUT2D eigenvalue weighted by molar-refractivity contribution is 6.01. The van der Waals surface area contributed by atoms with Crippen molar-refractivity contribution in [2.24, 2.45) is 0 Å². The Balaban J connectivity index is 1.60. The summed E-state index contributed by atoms with van der Waals surface area (Å²) in [6.45, 7) is 2.35. The molecule has 5 rings (SSSR count). The van der Waals surface area contributed by atoms with Gasteiger partial charge in [0, 0.05) is 31.0 Å². The molecule has 1 aliphatic rings. The van der Waals surface area contributed by atoms with Crippen LogP contribution in [0.25, 0.3) is 16.9 Å². The number of nitrogens with zero attached hydrogens (tertiary/aromatic N) is 3. The number of aliphatic hydroxyl groups is 1. The van der Waals surface area contributed by atoms with Gasteiger partial charge < -0.3 is 24.6 Å². The normalized spacial score (nSPS) is 16.4. The third-order valence-corrected chi connectivity index (χ3v) is 6.93. The lowest BCUT2D eigenvalue weighted by Gasteiger charge is -2.42. The predicted molar refractivity (Wildman–Crippen MR) is 142 cm³/mol. The van der Waals surface area contributed by atoms with Crippen molar-refractivity contribution in [2.75, 3.05) is 19.6 Å². The number of rotatable bonds is 5. The van der Waals surface area contributed by atoms with Gasteiger partial charge in [0.15, 0.2) is 0 Å². The summed E-state index contributed by atoms with van der Waals surface area (Å²) >= 11 is 0. The fraction of sp³-hybridized carbons (Fsp3) is 0.200. The molecule has 0 radical (unpaired) electrons. The molecule has 2 amide bonds. The minimum absolute atomic E-state index is 0.0240. The van der Waals surface area contributed by atoms with E-state index in [0.29, 0.717) is 11.1 Å². The van der Waals surface area contributed by atoms with E-state index in [1.165, 1.54) is 4.90 Å². The number of aliphatic hydroxyl groups excluding tert-OH is 1. The number of amides is 2. The van der Waals surface area contributed by atoms with Gasteiger partial charge in [0.1, 0.15) is 6.10 Å². The Morgan fingerprint density at radius 3 is 2.08 bits per heavy atom. The Hall–Kier alpha value is -4.36. The molecule has 7 heteroatoms. The van der Waals surface area contributed by atoms with E-state index in [9.17, 15) is 19.8 Å². The summed E-state index contributed by atoms with van der Waals surface area (Å²) in [5, 5.41) is 21.0. The first-order chi connectivity index (χ1) is 18.0. The first-order valence-corrected chi connectivity index (χ1v) is 12.3. The minimum atomic E-state index is -1.06. The van der Waals surface area contributed by atoms with Gasteiger partial charge in [-0.25, -0.2) is 4.79 Å². The summed E-state index contributed by atoms with van der Waals surface area (Å²) < 4.78 is 2.07. The number of aromatic nitrogens is 1. The summed E-state index contributed by atoms with van der Waals surface area (Å²) in [4.78, 5) is 28.9. The molecule has 1 saturated heterocycles. The lowest BCUT2D eigenvalue weighted by molar-refractivity contribution is 0.000973. The zero-order valence-electron chi connectivity index (χ0n) is 20.6. The topological polar surface area (TPSA) is 86.0 Å². The molecular formula is C30H29N3O4. The molecule has 0 spiro atoms. The number of carbonyl (C=O) groups excluding carboxylic acids is 1. The number of hydrogen-bond acceptors (Lipinski definition) is 3. The summed E-state index contributed by atoms with van der Waals surface area (Å²) in [5.41, 5.74) is 4.66. The Bertz CT molecular complexity index is 1390. The van der Waals surface area contributed by atoms with E-state index in [1.54, 1.807) is 17.0 Å². The highest BCUT2D eigenvalue weighted by atomic mass is 16.4. The second-order valence-corrected chi connectivity index (χ2v) is 9.23. The maximum atomic E-state index is 14.2. The lowest BCUT2D eigenvalue weighted by atomic mass is 9.97. The summed E-state index contributed by atoms with van der Waals surface area (Å²) in [5.74, 6) is -0.235. The second kappa shape index (κ2) is 10.3. The zero-order valence-corrected chi connectivity index (χ0v) is 20.6. The van der Waals surface area contributed by atoms with Crippen LogP contribution >= 0.6 is 0 Å². The van der Waals surface area contributed by atoms with Crippen LogP contribution in [0.5, 0.6) is 0 Å². The second-order valence-electron chi connectivity index (χ2n) is 9.23. The molecule has 37 heavy (non-hydrogen) atoms. The molecule has 2 heterocycles. The van der Waals surface area contributed by atoms with Gasteiger partial charge in [-0.3, -0.25) is 4.79 Å². The number of carbonyl (C=O) groups is 2. The van der Waals surface area contributed by atoms with Crippen LogP contribution in [-0.4, -0.2) is 62.3 Å². The van der Waals surface area contributed by atoms with Crippen LogP contribution in [0.15, 0.2) is 97.1 Å². The van der Waals surface area contributed by atoms with Crippen molar-refractivity contribution in [3.63, 3.8) is 0 Å². The summed E-state index contributed by atoms with van der Waals surface area (Å²) in [6.07, 6.45) is -2.10. The SMILES string of the molecule is Cc1cc(C(=O)N2CCN(C(=O)O)C[C@H]2[C@H](O)c2ccccc2)c(-c2ccccc2)n1-c1ccccc1. The number of aryl methyl sites for hydroxylation is 1. The monoisotopic (exact) mass is 495 g/mol. The summed E-state index contributed by atoms with van der Waals surface area (Å²) in [6, 6.07) is 29.9. The van der Waals surface area contributed by atoms with Gasteiger partial charge in [-0.2, -0.15) is 0 Å². The molecule has 2 N–H and O–H groups in total. The quantitative estimate of drug-likeness (QED) is 0.408. The van der Waals surface area contributed by atoms with E-state index in [0.717, 1.165) is 22.6 Å². The van der Waals surface area contributed by atoms with Crippen molar-refractivity contribution in [1.82, 2.24) is 14.4 Å². The molecule has 2 atom stereocenters.